The average molecular weight is 422 g/mol. The molecule has 1 rings (SSSR count). The van der Waals surface area contributed by atoms with Gasteiger partial charge in [-0.3, -0.25) is 0 Å². The number of nitrogens with zero attached hydrogens (tertiary/aromatic N) is 1. The van der Waals surface area contributed by atoms with Crippen LogP contribution in [-0.4, -0.2) is 57.5 Å². The average Bonchev–Trinajstić information content (AvgIpc) is 2.68. The van der Waals surface area contributed by atoms with Crippen LogP contribution in [0.15, 0.2) is 0 Å². The van der Waals surface area contributed by atoms with Gasteiger partial charge in [0.05, 0.1) is 25.9 Å². The van der Waals surface area contributed by atoms with Crippen molar-refractivity contribution < 1.29 is 33.5 Å². The Morgan fingerprint density at radius 1 is 0.857 bits per heavy atom. The zero-order valence-electron chi connectivity index (χ0n) is 17.7. The van der Waals surface area contributed by atoms with Crippen LogP contribution in [0, 0.1) is 11.8 Å². The Bertz CT molecular complexity index is 600. The summed E-state index contributed by atoms with van der Waals surface area (Å²) >= 11 is 6.20. The number of rotatable bonds is 13. The highest BCUT2D eigenvalue weighted by molar-refractivity contribution is 6.20. The van der Waals surface area contributed by atoms with E-state index in [-0.39, 0.29) is 54.1 Å². The summed E-state index contributed by atoms with van der Waals surface area (Å²) in [6.07, 6.45) is -0.267. The van der Waals surface area contributed by atoms with Gasteiger partial charge in [0, 0.05) is 19.6 Å². The van der Waals surface area contributed by atoms with Crippen LogP contribution in [0.1, 0.15) is 38.9 Å². The molecule has 28 heavy (non-hydrogen) atoms. The lowest BCUT2D eigenvalue weighted by Gasteiger charge is -2.27. The molecule has 0 spiro atoms. The van der Waals surface area contributed by atoms with Crippen molar-refractivity contribution >= 4 is 11.6 Å². The van der Waals surface area contributed by atoms with Gasteiger partial charge in [-0.15, -0.1) is 11.6 Å². The van der Waals surface area contributed by atoms with Gasteiger partial charge in [-0.05, 0) is 25.2 Å². The molecule has 8 nitrogen and oxygen atoms in total. The van der Waals surface area contributed by atoms with E-state index in [0.29, 0.717) is 12.0 Å². The first kappa shape index (κ1) is 24.6. The quantitative estimate of drug-likeness (QED) is 0.383. The summed E-state index contributed by atoms with van der Waals surface area (Å²) in [5.74, 6) is 0.817. The number of hydrogen-bond acceptors (Lipinski definition) is 8. The highest BCUT2D eigenvalue weighted by atomic mass is 35.5. The van der Waals surface area contributed by atoms with Crippen molar-refractivity contribution in [3.8, 4) is 23.3 Å². The van der Waals surface area contributed by atoms with Crippen LogP contribution < -0.4 is 18.9 Å². The molecule has 1 N–H and O–H groups in total. The molecule has 0 aromatic carbocycles. The van der Waals surface area contributed by atoms with E-state index in [9.17, 15) is 5.11 Å². The van der Waals surface area contributed by atoms with Gasteiger partial charge in [0.25, 0.3) is 5.88 Å². The molecule has 1 aromatic heterocycles. The minimum absolute atomic E-state index is 0.0217. The predicted octanol–water partition coefficient (Wildman–Crippen LogP) is 3.39. The van der Waals surface area contributed by atoms with Crippen molar-refractivity contribution in [3.63, 3.8) is 0 Å². The van der Waals surface area contributed by atoms with E-state index in [4.69, 9.17) is 40.0 Å². The number of ether oxygens (including phenoxy) is 6. The molecular formula is C19H32ClNO7. The zero-order chi connectivity index (χ0) is 21.3. The van der Waals surface area contributed by atoms with Crippen LogP contribution in [0.2, 0.25) is 0 Å². The maximum absolute atomic E-state index is 11.1. The summed E-state index contributed by atoms with van der Waals surface area (Å²) < 4.78 is 32.1. The highest BCUT2D eigenvalue weighted by Crippen LogP contribution is 2.47. The lowest BCUT2D eigenvalue weighted by atomic mass is 9.88. The third-order valence-electron chi connectivity index (χ3n) is 4.47. The van der Waals surface area contributed by atoms with Crippen LogP contribution in [0.25, 0.3) is 0 Å². The van der Waals surface area contributed by atoms with Gasteiger partial charge in [-0.25, -0.2) is 0 Å². The monoisotopic (exact) mass is 421 g/mol. The first-order valence-corrected chi connectivity index (χ1v) is 9.47. The number of halogens is 1. The van der Waals surface area contributed by atoms with E-state index in [1.807, 2.05) is 20.8 Å². The lowest BCUT2D eigenvalue weighted by Crippen LogP contribution is -2.20. The summed E-state index contributed by atoms with van der Waals surface area (Å²) in [6, 6.07) is 0. The third kappa shape index (κ3) is 6.27. The molecule has 0 aliphatic heterocycles. The molecule has 0 saturated carbocycles. The van der Waals surface area contributed by atoms with Gasteiger partial charge in [0.1, 0.15) is 0 Å². The Balaban J connectivity index is 3.47. The van der Waals surface area contributed by atoms with E-state index >= 15 is 0 Å². The molecule has 0 fully saturated rings. The number of aromatic nitrogens is 1. The van der Waals surface area contributed by atoms with E-state index in [1.165, 1.54) is 28.4 Å². The molecule has 1 aromatic rings. The summed E-state index contributed by atoms with van der Waals surface area (Å²) in [4.78, 5) is 4.33. The number of aliphatic hydroxyl groups excluding tert-OH is 1. The second kappa shape index (κ2) is 12.2. The minimum atomic E-state index is -0.955. The molecule has 0 saturated heterocycles. The van der Waals surface area contributed by atoms with Crippen LogP contribution in [0.3, 0.4) is 0 Å². The number of pyridine rings is 1. The largest absolute Gasteiger partial charge is 0.489 e. The molecule has 9 heteroatoms. The topological polar surface area (TPSA) is 88.5 Å². The molecule has 1 heterocycles. The van der Waals surface area contributed by atoms with Crippen LogP contribution in [0.4, 0.5) is 0 Å². The SMILES string of the molecule is COCOc1nc(OC)c(OC)c(OCOC)c1C(O)[C@@H](C)C[C@H](C)[C@H](C)Cl. The Labute approximate surface area is 172 Å². The van der Waals surface area contributed by atoms with E-state index in [0.717, 1.165) is 0 Å². The van der Waals surface area contributed by atoms with Gasteiger partial charge in [0.2, 0.25) is 11.6 Å². The van der Waals surface area contributed by atoms with Gasteiger partial charge < -0.3 is 33.5 Å². The Morgan fingerprint density at radius 3 is 1.96 bits per heavy atom. The number of methoxy groups -OCH3 is 4. The van der Waals surface area contributed by atoms with Gasteiger partial charge >= 0.3 is 0 Å². The van der Waals surface area contributed by atoms with Crippen LogP contribution >= 0.6 is 11.6 Å². The van der Waals surface area contributed by atoms with Crippen LogP contribution in [0.5, 0.6) is 23.3 Å². The number of aliphatic hydroxyl groups is 1. The Morgan fingerprint density at radius 2 is 1.46 bits per heavy atom. The van der Waals surface area contributed by atoms with Crippen molar-refractivity contribution in [2.45, 2.75) is 38.7 Å². The fourth-order valence-electron chi connectivity index (χ4n) is 2.77. The van der Waals surface area contributed by atoms with Crippen LogP contribution in [-0.2, 0) is 9.47 Å². The molecule has 0 bridgehead atoms. The van der Waals surface area contributed by atoms with E-state index in [2.05, 4.69) is 4.98 Å². The molecule has 0 aliphatic rings. The first-order valence-electron chi connectivity index (χ1n) is 9.03. The van der Waals surface area contributed by atoms with Crippen molar-refractivity contribution in [1.29, 1.82) is 0 Å². The normalized spacial score (nSPS) is 15.5. The fraction of sp³-hybridized carbons (Fsp3) is 0.737. The van der Waals surface area contributed by atoms with E-state index in [1.54, 1.807) is 0 Å². The minimum Gasteiger partial charge on any atom is -0.489 e. The second-order valence-corrected chi connectivity index (χ2v) is 7.31. The lowest BCUT2D eigenvalue weighted by molar-refractivity contribution is 0.0303. The fourth-order valence-corrected chi connectivity index (χ4v) is 2.88. The molecule has 1 unspecified atom stereocenters. The van der Waals surface area contributed by atoms with Crippen molar-refractivity contribution in [2.24, 2.45) is 11.8 Å². The number of alkyl halides is 1. The highest BCUT2D eigenvalue weighted by Gasteiger charge is 2.32. The zero-order valence-corrected chi connectivity index (χ0v) is 18.4. The maximum atomic E-state index is 11.1. The molecule has 162 valence electrons. The smallest absolute Gasteiger partial charge is 0.264 e. The standard InChI is InChI=1S/C19H32ClNO7/c1-11(13(3)20)8-12(2)15(22)14-16(27-9-23-4)17(25-6)19(26-7)21-18(14)28-10-24-5/h11-13,15,22H,8-10H2,1-7H3/t11-,12-,13-,15?/m0/s1. The van der Waals surface area contributed by atoms with Gasteiger partial charge in [-0.1, -0.05) is 13.8 Å². The summed E-state index contributed by atoms with van der Waals surface area (Å²) in [5.41, 5.74) is 0.341. The summed E-state index contributed by atoms with van der Waals surface area (Å²) in [7, 11) is 5.90. The Kier molecular flexibility index (Phi) is 10.7. The maximum Gasteiger partial charge on any atom is 0.264 e. The molecule has 0 aliphatic carbocycles. The van der Waals surface area contributed by atoms with Crippen molar-refractivity contribution in [2.75, 3.05) is 42.0 Å². The number of hydrogen-bond donors (Lipinski definition) is 1. The third-order valence-corrected chi connectivity index (χ3v) is 4.90. The van der Waals surface area contributed by atoms with Crippen molar-refractivity contribution in [3.05, 3.63) is 5.56 Å². The molecular weight excluding hydrogens is 390 g/mol. The summed E-state index contributed by atoms with van der Waals surface area (Å²) in [5, 5.41) is 11.1. The second-order valence-electron chi connectivity index (χ2n) is 6.62. The summed E-state index contributed by atoms with van der Waals surface area (Å²) in [6.45, 7) is 5.78. The molecule has 4 atom stereocenters. The van der Waals surface area contributed by atoms with Crippen molar-refractivity contribution in [1.82, 2.24) is 4.98 Å². The van der Waals surface area contributed by atoms with Gasteiger partial charge in [-0.2, -0.15) is 4.98 Å². The molecule has 0 amide bonds. The predicted molar refractivity (Wildman–Crippen MR) is 106 cm³/mol. The Hall–Kier alpha value is -1.48. The first-order chi connectivity index (χ1) is 13.3. The molecule has 0 radical (unpaired) electrons. The van der Waals surface area contributed by atoms with E-state index < -0.39 is 6.10 Å². The van der Waals surface area contributed by atoms with Gasteiger partial charge in [0.15, 0.2) is 19.3 Å².